The number of methoxy groups -OCH3 is 1. The molecule has 0 N–H and O–H groups in total. The van der Waals surface area contributed by atoms with Crippen LogP contribution in [-0.4, -0.2) is 16.7 Å². The maximum Gasteiger partial charge on any atom is 0.161 e. The summed E-state index contributed by atoms with van der Waals surface area (Å²) >= 11 is 3.43. The number of aromatic nitrogens is 2. The molecule has 0 saturated carbocycles. The second kappa shape index (κ2) is 9.07. The lowest BCUT2D eigenvalue weighted by Gasteiger charge is -2.12. The smallest absolute Gasteiger partial charge is 0.161 e. The van der Waals surface area contributed by atoms with E-state index in [2.05, 4.69) is 27.0 Å². The van der Waals surface area contributed by atoms with Crippen LogP contribution in [-0.2, 0) is 13.7 Å². The van der Waals surface area contributed by atoms with Gasteiger partial charge < -0.3 is 14.0 Å². The van der Waals surface area contributed by atoms with Crippen LogP contribution in [0.15, 0.2) is 71.2 Å². The molecule has 1 aromatic heterocycles. The third-order valence-corrected chi connectivity index (χ3v) is 5.48. The zero-order valence-corrected chi connectivity index (χ0v) is 18.8. The van der Waals surface area contributed by atoms with E-state index in [9.17, 15) is 5.26 Å². The number of hydrogen-bond donors (Lipinski definition) is 0. The fourth-order valence-electron chi connectivity index (χ4n) is 3.33. The molecular weight excluding hydrogens is 454 g/mol. The molecule has 3 aromatic carbocycles. The lowest BCUT2D eigenvalue weighted by Crippen LogP contribution is -1.98. The van der Waals surface area contributed by atoms with Gasteiger partial charge in [-0.3, -0.25) is 0 Å². The highest BCUT2D eigenvalue weighted by atomic mass is 79.9. The van der Waals surface area contributed by atoms with Crippen LogP contribution in [0.3, 0.4) is 0 Å². The van der Waals surface area contributed by atoms with E-state index in [0.717, 1.165) is 26.6 Å². The topological polar surface area (TPSA) is 60.1 Å². The molecule has 4 aromatic rings. The number of para-hydroxylation sites is 2. The Kier molecular flexibility index (Phi) is 6.06. The van der Waals surface area contributed by atoms with Gasteiger partial charge in [0, 0.05) is 11.5 Å². The first-order valence-electron chi connectivity index (χ1n) is 9.68. The lowest BCUT2D eigenvalue weighted by atomic mass is 10.1. The summed E-state index contributed by atoms with van der Waals surface area (Å²) in [4.78, 5) is 4.62. The maximum atomic E-state index is 9.77. The SMILES string of the molecule is COc1cc(C=C(C#N)c2nc3ccccc3n2C)ccc1OCc1ccc(Br)cc1. The highest BCUT2D eigenvalue weighted by Gasteiger charge is 2.13. The maximum absolute atomic E-state index is 9.77. The molecule has 0 unspecified atom stereocenters. The molecule has 154 valence electrons. The van der Waals surface area contributed by atoms with Crippen molar-refractivity contribution in [2.45, 2.75) is 6.61 Å². The number of imidazole rings is 1. The van der Waals surface area contributed by atoms with Gasteiger partial charge in [0.15, 0.2) is 17.3 Å². The number of allylic oxidation sites excluding steroid dienone is 1. The molecule has 0 aliphatic rings. The molecule has 0 radical (unpaired) electrons. The monoisotopic (exact) mass is 473 g/mol. The van der Waals surface area contributed by atoms with Crippen molar-refractivity contribution in [3.05, 3.63) is 88.2 Å². The number of hydrogen-bond acceptors (Lipinski definition) is 4. The predicted molar refractivity (Wildman–Crippen MR) is 126 cm³/mol. The molecule has 0 fully saturated rings. The number of halogens is 1. The number of fused-ring (bicyclic) bond motifs is 1. The van der Waals surface area contributed by atoms with Crippen LogP contribution in [0, 0.1) is 11.3 Å². The fourth-order valence-corrected chi connectivity index (χ4v) is 3.60. The Balaban J connectivity index is 1.61. The van der Waals surface area contributed by atoms with Crippen molar-refractivity contribution >= 4 is 38.6 Å². The highest BCUT2D eigenvalue weighted by Crippen LogP contribution is 2.31. The molecule has 5 nitrogen and oxygen atoms in total. The Hall–Kier alpha value is -3.56. The first kappa shape index (κ1) is 20.7. The van der Waals surface area contributed by atoms with Crippen LogP contribution in [0.2, 0.25) is 0 Å². The Labute approximate surface area is 189 Å². The van der Waals surface area contributed by atoms with Gasteiger partial charge in [0.2, 0.25) is 0 Å². The number of aryl methyl sites for hydroxylation is 1. The molecule has 0 atom stereocenters. The van der Waals surface area contributed by atoms with E-state index in [4.69, 9.17) is 9.47 Å². The number of nitriles is 1. The lowest BCUT2D eigenvalue weighted by molar-refractivity contribution is 0.284. The summed E-state index contributed by atoms with van der Waals surface area (Å²) in [6.45, 7) is 0.433. The minimum Gasteiger partial charge on any atom is -0.493 e. The molecule has 0 amide bonds. The molecular formula is C25H20BrN3O2. The molecule has 0 spiro atoms. The van der Waals surface area contributed by atoms with Gasteiger partial charge in [-0.2, -0.15) is 5.26 Å². The first-order chi connectivity index (χ1) is 15.1. The predicted octanol–water partition coefficient (Wildman–Crippen LogP) is 5.99. The van der Waals surface area contributed by atoms with Crippen molar-refractivity contribution in [1.82, 2.24) is 9.55 Å². The minimum atomic E-state index is 0.433. The van der Waals surface area contributed by atoms with Crippen molar-refractivity contribution < 1.29 is 9.47 Å². The molecule has 31 heavy (non-hydrogen) atoms. The second-order valence-electron chi connectivity index (χ2n) is 6.98. The standard InChI is InChI=1S/C25H20BrN3O2/c1-29-22-6-4-3-5-21(22)28-25(29)19(15-27)13-18-9-12-23(24(14-18)30-2)31-16-17-7-10-20(26)11-8-17/h3-14H,16H2,1-2H3. The zero-order chi connectivity index (χ0) is 21.8. The molecule has 4 rings (SSSR count). The van der Waals surface area contributed by atoms with Crippen molar-refractivity contribution in [3.8, 4) is 17.6 Å². The van der Waals surface area contributed by atoms with Crippen molar-refractivity contribution in [3.63, 3.8) is 0 Å². The van der Waals surface area contributed by atoms with Crippen LogP contribution < -0.4 is 9.47 Å². The van der Waals surface area contributed by atoms with Gasteiger partial charge in [0.1, 0.15) is 12.7 Å². The Morgan fingerprint density at radius 2 is 1.87 bits per heavy atom. The van der Waals surface area contributed by atoms with E-state index >= 15 is 0 Å². The van der Waals surface area contributed by atoms with Crippen molar-refractivity contribution in [1.29, 1.82) is 5.26 Å². The van der Waals surface area contributed by atoms with E-state index in [1.165, 1.54) is 0 Å². The van der Waals surface area contributed by atoms with E-state index in [0.29, 0.717) is 29.5 Å². The third kappa shape index (κ3) is 4.47. The average Bonchev–Trinajstić information content (AvgIpc) is 3.14. The average molecular weight is 474 g/mol. The fraction of sp³-hybridized carbons (Fsp3) is 0.120. The summed E-state index contributed by atoms with van der Waals surface area (Å²) in [5, 5.41) is 9.77. The quantitative estimate of drug-likeness (QED) is 0.322. The van der Waals surface area contributed by atoms with E-state index in [1.54, 1.807) is 7.11 Å². The molecule has 0 bridgehead atoms. The molecule has 0 aliphatic heterocycles. The summed E-state index contributed by atoms with van der Waals surface area (Å²) in [7, 11) is 3.52. The molecule has 6 heteroatoms. The highest BCUT2D eigenvalue weighted by molar-refractivity contribution is 9.10. The summed E-state index contributed by atoms with van der Waals surface area (Å²) in [6.07, 6.45) is 1.81. The van der Waals surface area contributed by atoms with E-state index < -0.39 is 0 Å². The van der Waals surface area contributed by atoms with Crippen LogP contribution in [0.25, 0.3) is 22.7 Å². The Morgan fingerprint density at radius 3 is 2.58 bits per heavy atom. The largest absolute Gasteiger partial charge is 0.493 e. The number of nitrogens with zero attached hydrogens (tertiary/aromatic N) is 3. The summed E-state index contributed by atoms with van der Waals surface area (Å²) in [6, 6.07) is 23.7. The van der Waals surface area contributed by atoms with E-state index in [-0.39, 0.29) is 0 Å². The minimum absolute atomic E-state index is 0.433. The van der Waals surface area contributed by atoms with Crippen molar-refractivity contribution in [2.24, 2.45) is 7.05 Å². The third-order valence-electron chi connectivity index (χ3n) is 4.95. The van der Waals surface area contributed by atoms with Gasteiger partial charge >= 0.3 is 0 Å². The summed E-state index contributed by atoms with van der Waals surface area (Å²) < 4.78 is 14.4. The summed E-state index contributed by atoms with van der Waals surface area (Å²) in [5.41, 5.74) is 4.20. The van der Waals surface area contributed by atoms with Gasteiger partial charge in [0.25, 0.3) is 0 Å². The van der Waals surface area contributed by atoms with Gasteiger partial charge in [-0.1, -0.05) is 46.3 Å². The summed E-state index contributed by atoms with van der Waals surface area (Å²) in [5.74, 6) is 1.87. The van der Waals surface area contributed by atoms with Gasteiger partial charge in [0.05, 0.1) is 23.7 Å². The van der Waals surface area contributed by atoms with Crippen molar-refractivity contribution in [2.75, 3.05) is 7.11 Å². The molecule has 1 heterocycles. The molecule has 0 saturated heterocycles. The molecule has 0 aliphatic carbocycles. The Morgan fingerprint density at radius 1 is 1.10 bits per heavy atom. The van der Waals surface area contributed by atoms with Crippen LogP contribution in [0.4, 0.5) is 0 Å². The normalized spacial score (nSPS) is 11.4. The number of benzene rings is 3. The van der Waals surface area contributed by atoms with Crippen LogP contribution in [0.5, 0.6) is 11.5 Å². The first-order valence-corrected chi connectivity index (χ1v) is 10.5. The Bertz CT molecular complexity index is 1300. The second-order valence-corrected chi connectivity index (χ2v) is 7.89. The van der Waals surface area contributed by atoms with Crippen LogP contribution in [0.1, 0.15) is 17.0 Å². The van der Waals surface area contributed by atoms with Crippen LogP contribution >= 0.6 is 15.9 Å². The van der Waals surface area contributed by atoms with Gasteiger partial charge in [-0.15, -0.1) is 0 Å². The number of ether oxygens (including phenoxy) is 2. The number of rotatable bonds is 6. The zero-order valence-electron chi connectivity index (χ0n) is 17.2. The van der Waals surface area contributed by atoms with E-state index in [1.807, 2.05) is 84.4 Å². The van der Waals surface area contributed by atoms with Gasteiger partial charge in [-0.05, 0) is 53.6 Å². The van der Waals surface area contributed by atoms with Gasteiger partial charge in [-0.25, -0.2) is 4.98 Å².